The van der Waals surface area contributed by atoms with Crippen LogP contribution in [0.4, 0.5) is 0 Å². The highest BCUT2D eigenvalue weighted by molar-refractivity contribution is 5.75. The van der Waals surface area contributed by atoms with Gasteiger partial charge in [0, 0.05) is 5.56 Å². The van der Waals surface area contributed by atoms with Crippen LogP contribution < -0.4 is 0 Å². The van der Waals surface area contributed by atoms with Gasteiger partial charge in [-0.15, -0.1) is 10.2 Å². The van der Waals surface area contributed by atoms with Crippen LogP contribution in [0.1, 0.15) is 23.4 Å². The van der Waals surface area contributed by atoms with Crippen LogP contribution in [0.2, 0.25) is 0 Å². The molecule has 3 aromatic rings. The van der Waals surface area contributed by atoms with E-state index in [2.05, 4.69) is 68.7 Å². The van der Waals surface area contributed by atoms with Crippen molar-refractivity contribution < 1.29 is 0 Å². The maximum Gasteiger partial charge on any atom is 0.177 e. The third-order valence-electron chi connectivity index (χ3n) is 4.87. The minimum Gasteiger partial charge on any atom is -0.274 e. The third-order valence-corrected chi connectivity index (χ3v) is 4.87. The van der Waals surface area contributed by atoms with Crippen LogP contribution in [-0.2, 0) is 6.42 Å². The highest BCUT2D eigenvalue weighted by Crippen LogP contribution is 2.32. The molecule has 0 saturated heterocycles. The zero-order valence-electron chi connectivity index (χ0n) is 14.8. The Morgan fingerprint density at radius 2 is 1.78 bits per heavy atom. The standard InChI is InChI=1S/C24H17N3/c1-3-11-19(12-4-1)23-25-26-24(20-13-5-2-6-14-20)27(23)22-17-9-15-18-10-7-8-16-21(18)22/h1-5,7,9-13,15,17H,8,16H2. The Labute approximate surface area is 158 Å². The van der Waals surface area contributed by atoms with Gasteiger partial charge >= 0.3 is 0 Å². The molecule has 1 aromatic heterocycles. The molecular weight excluding hydrogens is 330 g/mol. The van der Waals surface area contributed by atoms with E-state index < -0.39 is 0 Å². The molecule has 0 bridgehead atoms. The van der Waals surface area contributed by atoms with Crippen LogP contribution in [0.3, 0.4) is 0 Å². The van der Waals surface area contributed by atoms with E-state index >= 15 is 0 Å². The van der Waals surface area contributed by atoms with Gasteiger partial charge in [-0.2, -0.15) is 0 Å². The highest BCUT2D eigenvalue weighted by atomic mass is 15.3. The fraction of sp³-hybridized carbons (Fsp3) is 0.0833. The van der Waals surface area contributed by atoms with Crippen LogP contribution in [0.15, 0.2) is 84.3 Å². The summed E-state index contributed by atoms with van der Waals surface area (Å²) in [6.45, 7) is 0. The second kappa shape index (κ2) is 6.59. The lowest BCUT2D eigenvalue weighted by Gasteiger charge is -2.19. The summed E-state index contributed by atoms with van der Waals surface area (Å²) >= 11 is 0. The average Bonchev–Trinajstić information content (AvgIpc) is 3.19. The summed E-state index contributed by atoms with van der Waals surface area (Å²) in [7, 11) is 0. The summed E-state index contributed by atoms with van der Waals surface area (Å²) in [6, 6.07) is 16.6. The van der Waals surface area contributed by atoms with E-state index in [1.807, 2.05) is 36.4 Å². The van der Waals surface area contributed by atoms with Gasteiger partial charge in [0.15, 0.2) is 11.6 Å². The molecule has 0 fully saturated rings. The van der Waals surface area contributed by atoms with Gasteiger partial charge < -0.3 is 0 Å². The number of benzene rings is 2. The molecule has 0 aliphatic heterocycles. The summed E-state index contributed by atoms with van der Waals surface area (Å²) in [5, 5.41) is 9.08. The fourth-order valence-electron chi connectivity index (χ4n) is 3.61. The van der Waals surface area contributed by atoms with E-state index in [-0.39, 0.29) is 0 Å². The molecule has 27 heavy (non-hydrogen) atoms. The molecule has 3 nitrogen and oxygen atoms in total. The van der Waals surface area contributed by atoms with E-state index in [1.165, 1.54) is 11.1 Å². The van der Waals surface area contributed by atoms with Crippen molar-refractivity contribution in [3.8, 4) is 17.1 Å². The summed E-state index contributed by atoms with van der Waals surface area (Å²) in [4.78, 5) is 0. The number of hydrogen-bond donors (Lipinski definition) is 0. The molecule has 0 unspecified atom stereocenters. The SMILES string of the molecule is C1=C=C(c2nnc(-c3ccccc3)n2-c2cccc3c2CCC=C3)C=CC=1. The molecule has 5 rings (SSSR count). The van der Waals surface area contributed by atoms with E-state index in [0.717, 1.165) is 41.3 Å². The number of fused-ring (bicyclic) bond motifs is 1. The van der Waals surface area contributed by atoms with Crippen LogP contribution in [-0.4, -0.2) is 14.8 Å². The van der Waals surface area contributed by atoms with Gasteiger partial charge in [0.2, 0.25) is 0 Å². The van der Waals surface area contributed by atoms with Gasteiger partial charge in [-0.25, -0.2) is 0 Å². The predicted molar refractivity (Wildman–Crippen MR) is 108 cm³/mol. The Kier molecular flexibility index (Phi) is 3.81. The van der Waals surface area contributed by atoms with Crippen molar-refractivity contribution in [1.82, 2.24) is 14.8 Å². The third kappa shape index (κ3) is 2.72. The lowest BCUT2D eigenvalue weighted by molar-refractivity contribution is 0.934. The quantitative estimate of drug-likeness (QED) is 0.613. The van der Waals surface area contributed by atoms with Crippen molar-refractivity contribution in [2.24, 2.45) is 0 Å². The number of aromatic nitrogens is 3. The van der Waals surface area contributed by atoms with Gasteiger partial charge in [0.1, 0.15) is 0 Å². The molecule has 0 amide bonds. The minimum absolute atomic E-state index is 0.786. The molecule has 0 saturated carbocycles. The Bertz CT molecular complexity index is 1180. The van der Waals surface area contributed by atoms with E-state index in [1.54, 1.807) is 0 Å². The van der Waals surface area contributed by atoms with E-state index in [9.17, 15) is 0 Å². The molecule has 3 heteroatoms. The second-order valence-corrected chi connectivity index (χ2v) is 6.54. The molecule has 128 valence electrons. The van der Waals surface area contributed by atoms with E-state index in [0.29, 0.717) is 0 Å². The lowest BCUT2D eigenvalue weighted by atomic mass is 9.95. The number of allylic oxidation sites excluding steroid dienone is 5. The molecule has 0 N–H and O–H groups in total. The van der Waals surface area contributed by atoms with Crippen molar-refractivity contribution >= 4 is 11.6 Å². The van der Waals surface area contributed by atoms with Crippen LogP contribution in [0.25, 0.3) is 28.7 Å². The first kappa shape index (κ1) is 15.6. The molecule has 0 radical (unpaired) electrons. The Hall–Kier alpha value is -3.64. The topological polar surface area (TPSA) is 30.7 Å². The summed E-state index contributed by atoms with van der Waals surface area (Å²) in [5.41, 5.74) is 11.9. The van der Waals surface area contributed by atoms with Crippen molar-refractivity contribution in [1.29, 1.82) is 0 Å². The Balaban J connectivity index is 1.82. The van der Waals surface area contributed by atoms with Crippen molar-refractivity contribution in [2.45, 2.75) is 12.8 Å². The second-order valence-electron chi connectivity index (χ2n) is 6.54. The largest absolute Gasteiger partial charge is 0.274 e. The maximum atomic E-state index is 4.55. The van der Waals surface area contributed by atoms with Crippen LogP contribution in [0, 0.1) is 0 Å². The normalized spacial score (nSPS) is 14.3. The summed E-state index contributed by atoms with van der Waals surface area (Å²) < 4.78 is 2.16. The molecule has 2 aliphatic rings. The summed E-state index contributed by atoms with van der Waals surface area (Å²) in [6.07, 6.45) is 12.3. The van der Waals surface area contributed by atoms with Crippen LogP contribution >= 0.6 is 0 Å². The molecule has 2 aromatic carbocycles. The molecule has 0 atom stereocenters. The molecular formula is C24H17N3. The monoisotopic (exact) mass is 347 g/mol. The molecule has 2 aliphatic carbocycles. The highest BCUT2D eigenvalue weighted by Gasteiger charge is 2.21. The Morgan fingerprint density at radius 3 is 2.63 bits per heavy atom. The first-order valence-electron chi connectivity index (χ1n) is 9.10. The van der Waals surface area contributed by atoms with Gasteiger partial charge in [-0.3, -0.25) is 4.57 Å². The summed E-state index contributed by atoms with van der Waals surface area (Å²) in [5.74, 6) is 1.62. The van der Waals surface area contributed by atoms with E-state index in [4.69, 9.17) is 0 Å². The average molecular weight is 347 g/mol. The smallest absolute Gasteiger partial charge is 0.177 e. The fourth-order valence-corrected chi connectivity index (χ4v) is 3.61. The number of hydrogen-bond acceptors (Lipinski definition) is 2. The van der Waals surface area contributed by atoms with Crippen molar-refractivity contribution in [2.75, 3.05) is 0 Å². The maximum absolute atomic E-state index is 4.55. The molecule has 0 spiro atoms. The van der Waals surface area contributed by atoms with Gasteiger partial charge in [0.05, 0.1) is 11.3 Å². The molecule has 1 heterocycles. The lowest BCUT2D eigenvalue weighted by Crippen LogP contribution is -2.08. The zero-order valence-corrected chi connectivity index (χ0v) is 14.8. The first-order valence-corrected chi connectivity index (χ1v) is 9.10. The first-order chi connectivity index (χ1) is 13.4. The zero-order chi connectivity index (χ0) is 18.1. The number of rotatable bonds is 3. The van der Waals surface area contributed by atoms with Gasteiger partial charge in [-0.1, -0.05) is 72.2 Å². The Morgan fingerprint density at radius 1 is 0.889 bits per heavy atom. The minimum atomic E-state index is 0.786. The van der Waals surface area contributed by atoms with Gasteiger partial charge in [0.25, 0.3) is 0 Å². The van der Waals surface area contributed by atoms with Crippen molar-refractivity contribution in [3.63, 3.8) is 0 Å². The van der Waals surface area contributed by atoms with Crippen LogP contribution in [0.5, 0.6) is 0 Å². The number of nitrogens with zero attached hydrogens (tertiary/aromatic N) is 3. The van der Waals surface area contributed by atoms with Crippen molar-refractivity contribution in [3.05, 3.63) is 101 Å². The van der Waals surface area contributed by atoms with Gasteiger partial charge in [-0.05, 0) is 42.2 Å². The predicted octanol–water partition coefficient (Wildman–Crippen LogP) is 5.16.